The van der Waals surface area contributed by atoms with Crippen molar-refractivity contribution in [2.24, 2.45) is 0 Å². The molecule has 2 amide bonds. The molecule has 8 nitrogen and oxygen atoms in total. The molecule has 0 spiro atoms. The highest BCUT2D eigenvalue weighted by molar-refractivity contribution is 6.09. The second-order valence-electron chi connectivity index (χ2n) is 8.33. The Morgan fingerprint density at radius 3 is 2.03 bits per heavy atom. The molecule has 8 heteroatoms. The number of rotatable bonds is 6. The van der Waals surface area contributed by atoms with Crippen LogP contribution in [0.4, 0.5) is 17.2 Å². The molecular weight excluding hydrogens is 454 g/mol. The van der Waals surface area contributed by atoms with Gasteiger partial charge in [0, 0.05) is 17.1 Å². The van der Waals surface area contributed by atoms with Crippen LogP contribution in [0.5, 0.6) is 5.75 Å². The summed E-state index contributed by atoms with van der Waals surface area (Å²) in [6.07, 6.45) is 1.52. The van der Waals surface area contributed by atoms with Crippen LogP contribution in [0.3, 0.4) is 0 Å². The number of ether oxygens (including phenoxy) is 1. The second kappa shape index (κ2) is 9.79. The first-order valence-corrected chi connectivity index (χ1v) is 11.5. The number of methoxy groups -OCH3 is 1. The molecule has 36 heavy (non-hydrogen) atoms. The van der Waals surface area contributed by atoms with Gasteiger partial charge in [0.05, 0.1) is 18.9 Å². The summed E-state index contributed by atoms with van der Waals surface area (Å²) in [5.74, 6) is 0.655. The number of para-hydroxylation sites is 2. The zero-order valence-corrected chi connectivity index (χ0v) is 19.9. The van der Waals surface area contributed by atoms with E-state index in [1.165, 1.54) is 6.20 Å². The van der Waals surface area contributed by atoms with Gasteiger partial charge in [0.15, 0.2) is 0 Å². The summed E-state index contributed by atoms with van der Waals surface area (Å²) >= 11 is 0. The molecule has 1 aromatic heterocycles. The minimum atomic E-state index is -0.561. The third-order valence-corrected chi connectivity index (χ3v) is 6.01. The van der Waals surface area contributed by atoms with Gasteiger partial charge in [-0.25, -0.2) is 4.68 Å². The van der Waals surface area contributed by atoms with Crippen LogP contribution in [0.15, 0.2) is 102 Å². The molecule has 0 radical (unpaired) electrons. The van der Waals surface area contributed by atoms with Crippen molar-refractivity contribution in [2.45, 2.75) is 13.0 Å². The van der Waals surface area contributed by atoms with E-state index in [9.17, 15) is 9.59 Å². The van der Waals surface area contributed by atoms with Gasteiger partial charge in [-0.05, 0) is 48.9 Å². The fraction of sp³-hybridized carbons (Fsp3) is 0.107. The van der Waals surface area contributed by atoms with E-state index in [1.807, 2.05) is 91.9 Å². The molecule has 0 saturated carbocycles. The lowest BCUT2D eigenvalue weighted by molar-refractivity contribution is -0.113. The lowest BCUT2D eigenvalue weighted by Gasteiger charge is -2.30. The number of carbonyl (C=O) groups excluding carboxylic acids is 2. The Labute approximate surface area is 208 Å². The van der Waals surface area contributed by atoms with Crippen molar-refractivity contribution in [1.29, 1.82) is 0 Å². The highest BCUT2D eigenvalue weighted by Crippen LogP contribution is 2.38. The van der Waals surface area contributed by atoms with E-state index in [0.29, 0.717) is 39.8 Å². The zero-order chi connectivity index (χ0) is 25.1. The Hall–Kier alpha value is -4.85. The van der Waals surface area contributed by atoms with Gasteiger partial charge in [-0.1, -0.05) is 48.5 Å². The first-order chi connectivity index (χ1) is 17.5. The molecule has 0 saturated heterocycles. The molecule has 4 aromatic rings. The summed E-state index contributed by atoms with van der Waals surface area (Å²) in [6, 6.07) is 25.4. The van der Waals surface area contributed by atoms with E-state index < -0.39 is 6.04 Å². The van der Waals surface area contributed by atoms with Gasteiger partial charge in [-0.15, -0.1) is 0 Å². The average molecular weight is 480 g/mol. The predicted molar refractivity (Wildman–Crippen MR) is 139 cm³/mol. The van der Waals surface area contributed by atoms with E-state index in [2.05, 4.69) is 21.0 Å². The summed E-state index contributed by atoms with van der Waals surface area (Å²) in [7, 11) is 1.60. The maximum Gasteiger partial charge on any atom is 0.261 e. The highest BCUT2D eigenvalue weighted by Gasteiger charge is 2.35. The van der Waals surface area contributed by atoms with Gasteiger partial charge in [0.25, 0.3) is 11.8 Å². The molecular formula is C28H25N5O3. The quantitative estimate of drug-likeness (QED) is 0.359. The lowest BCUT2D eigenvalue weighted by atomic mass is 9.94. The summed E-state index contributed by atoms with van der Waals surface area (Å²) in [5, 5.41) is 13.7. The van der Waals surface area contributed by atoms with Crippen LogP contribution in [0, 0.1) is 0 Å². The Balaban J connectivity index is 1.55. The molecule has 0 aliphatic carbocycles. The van der Waals surface area contributed by atoms with Crippen molar-refractivity contribution in [3.05, 3.63) is 114 Å². The molecule has 3 N–H and O–H groups in total. The van der Waals surface area contributed by atoms with Crippen LogP contribution >= 0.6 is 0 Å². The molecule has 2 heterocycles. The van der Waals surface area contributed by atoms with Crippen molar-refractivity contribution >= 4 is 29.0 Å². The normalized spacial score (nSPS) is 14.4. The molecule has 0 unspecified atom stereocenters. The summed E-state index contributed by atoms with van der Waals surface area (Å²) < 4.78 is 6.99. The minimum absolute atomic E-state index is 0.261. The predicted octanol–water partition coefficient (Wildman–Crippen LogP) is 5.07. The van der Waals surface area contributed by atoms with Crippen LogP contribution in [0.25, 0.3) is 0 Å². The van der Waals surface area contributed by atoms with E-state index in [-0.39, 0.29) is 11.8 Å². The van der Waals surface area contributed by atoms with Crippen molar-refractivity contribution in [1.82, 2.24) is 9.78 Å². The minimum Gasteiger partial charge on any atom is -0.497 e. The number of allylic oxidation sites excluding steroid dienone is 1. The van der Waals surface area contributed by atoms with E-state index in [0.717, 1.165) is 5.56 Å². The van der Waals surface area contributed by atoms with Crippen molar-refractivity contribution < 1.29 is 14.3 Å². The SMILES string of the molecule is COc1ccc([C@@H]2C(C(=O)Nc3ccccc3)=C(C)Nc3c(C(=O)Nc4ccccc4)cnn32)cc1. The fourth-order valence-electron chi connectivity index (χ4n) is 4.25. The van der Waals surface area contributed by atoms with E-state index in [4.69, 9.17) is 4.74 Å². The summed E-state index contributed by atoms with van der Waals surface area (Å²) in [4.78, 5) is 26.6. The Kier molecular flexibility index (Phi) is 6.23. The Morgan fingerprint density at radius 1 is 0.861 bits per heavy atom. The molecule has 180 valence electrons. The number of anilines is 3. The molecule has 0 bridgehead atoms. The number of nitrogens with zero attached hydrogens (tertiary/aromatic N) is 2. The van der Waals surface area contributed by atoms with Gasteiger partial charge >= 0.3 is 0 Å². The lowest BCUT2D eigenvalue weighted by Crippen LogP contribution is -2.32. The van der Waals surface area contributed by atoms with Gasteiger partial charge in [0.2, 0.25) is 0 Å². The Morgan fingerprint density at radius 2 is 1.44 bits per heavy atom. The van der Waals surface area contributed by atoms with Crippen LogP contribution in [0.1, 0.15) is 28.9 Å². The third-order valence-electron chi connectivity index (χ3n) is 6.01. The number of carbonyl (C=O) groups is 2. The van der Waals surface area contributed by atoms with Crippen LogP contribution in [-0.4, -0.2) is 28.7 Å². The molecule has 3 aromatic carbocycles. The number of amides is 2. The zero-order valence-electron chi connectivity index (χ0n) is 19.9. The van der Waals surface area contributed by atoms with Crippen LogP contribution in [0.2, 0.25) is 0 Å². The summed E-state index contributed by atoms with van der Waals surface area (Å²) in [5.41, 5.74) is 3.69. The highest BCUT2D eigenvalue weighted by atomic mass is 16.5. The number of nitrogens with one attached hydrogen (secondary N) is 3. The number of fused-ring (bicyclic) bond motifs is 1. The standard InChI is InChI=1S/C28H25N5O3/c1-18-24(28(35)32-21-11-7-4-8-12-21)25(19-13-15-22(36-2)16-14-19)33-26(30-18)23(17-29-33)27(34)31-20-9-5-3-6-10-20/h3-17,25,30H,1-2H3,(H,31,34)(H,32,35)/t25-/m1/s1. The second-order valence-corrected chi connectivity index (χ2v) is 8.33. The monoisotopic (exact) mass is 479 g/mol. The number of benzene rings is 3. The molecule has 1 atom stereocenters. The fourth-order valence-corrected chi connectivity index (χ4v) is 4.25. The number of aromatic nitrogens is 2. The van der Waals surface area contributed by atoms with Crippen molar-refractivity contribution in [3.8, 4) is 5.75 Å². The summed E-state index contributed by atoms with van der Waals surface area (Å²) in [6.45, 7) is 1.83. The molecule has 1 aliphatic heterocycles. The maximum absolute atomic E-state index is 13.5. The van der Waals surface area contributed by atoms with Gasteiger partial charge in [0.1, 0.15) is 23.2 Å². The molecule has 1 aliphatic rings. The molecule has 5 rings (SSSR count). The van der Waals surface area contributed by atoms with Gasteiger partial charge in [-0.2, -0.15) is 5.10 Å². The first kappa shape index (κ1) is 22.9. The van der Waals surface area contributed by atoms with Crippen LogP contribution in [-0.2, 0) is 4.79 Å². The number of hydrogen-bond acceptors (Lipinski definition) is 5. The first-order valence-electron chi connectivity index (χ1n) is 11.5. The number of hydrogen-bond donors (Lipinski definition) is 3. The topological polar surface area (TPSA) is 97.3 Å². The van der Waals surface area contributed by atoms with Crippen molar-refractivity contribution in [2.75, 3.05) is 23.1 Å². The van der Waals surface area contributed by atoms with E-state index in [1.54, 1.807) is 11.8 Å². The Bertz CT molecular complexity index is 1430. The largest absolute Gasteiger partial charge is 0.497 e. The third kappa shape index (κ3) is 4.44. The van der Waals surface area contributed by atoms with E-state index >= 15 is 0 Å². The smallest absolute Gasteiger partial charge is 0.261 e. The average Bonchev–Trinajstić information content (AvgIpc) is 3.32. The van der Waals surface area contributed by atoms with Crippen LogP contribution < -0.4 is 20.7 Å². The van der Waals surface area contributed by atoms with Crippen molar-refractivity contribution in [3.63, 3.8) is 0 Å². The maximum atomic E-state index is 13.5. The van der Waals surface area contributed by atoms with Gasteiger partial charge in [-0.3, -0.25) is 9.59 Å². The molecule has 0 fully saturated rings. The van der Waals surface area contributed by atoms with Gasteiger partial charge < -0.3 is 20.7 Å².